The third-order valence-electron chi connectivity index (χ3n) is 2.89. The molecule has 0 saturated carbocycles. The van der Waals surface area contributed by atoms with Crippen molar-refractivity contribution in [2.75, 3.05) is 0 Å². The number of carboxylic acid groups (broad SMARTS) is 1. The molecule has 0 amide bonds. The third kappa shape index (κ3) is 3.09. The van der Waals surface area contributed by atoms with E-state index in [-0.39, 0.29) is 0 Å². The summed E-state index contributed by atoms with van der Waals surface area (Å²) in [6.07, 6.45) is 2.74. The number of aliphatic carboxylic acids is 1. The topological polar surface area (TPSA) is 63.3 Å². The number of hydrogen-bond acceptors (Lipinski definition) is 2. The van der Waals surface area contributed by atoms with Crippen LogP contribution in [0.4, 0.5) is 0 Å². The first-order valence-corrected chi connectivity index (χ1v) is 6.00. The van der Waals surface area contributed by atoms with Gasteiger partial charge in [-0.25, -0.2) is 4.79 Å². The second-order valence-corrected chi connectivity index (χ2v) is 4.12. The number of benzene rings is 2. The van der Waals surface area contributed by atoms with E-state index in [1.807, 2.05) is 48.5 Å². The minimum Gasteiger partial charge on any atom is -0.478 e. The highest BCUT2D eigenvalue weighted by molar-refractivity contribution is 5.88. The molecule has 0 radical (unpaired) electrons. The van der Waals surface area contributed by atoms with Gasteiger partial charge in [-0.05, 0) is 28.3 Å². The predicted octanol–water partition coefficient (Wildman–Crippen LogP) is 2.91. The summed E-state index contributed by atoms with van der Waals surface area (Å²) in [6.45, 7) is 0.452. The molecule has 0 spiro atoms. The van der Waals surface area contributed by atoms with Crippen molar-refractivity contribution in [3.63, 3.8) is 0 Å². The number of nitrogens with two attached hydrogens (primary N) is 1. The molecule has 0 fully saturated rings. The van der Waals surface area contributed by atoms with Crippen LogP contribution in [0.2, 0.25) is 0 Å². The van der Waals surface area contributed by atoms with Crippen LogP contribution in [0.3, 0.4) is 0 Å². The van der Waals surface area contributed by atoms with E-state index >= 15 is 0 Å². The van der Waals surface area contributed by atoms with Gasteiger partial charge in [-0.1, -0.05) is 48.5 Å². The zero-order valence-electron chi connectivity index (χ0n) is 10.4. The van der Waals surface area contributed by atoms with Crippen molar-refractivity contribution < 1.29 is 9.90 Å². The maximum atomic E-state index is 10.6. The molecule has 0 aliphatic carbocycles. The van der Waals surface area contributed by atoms with E-state index in [1.165, 1.54) is 0 Å². The van der Waals surface area contributed by atoms with Gasteiger partial charge in [-0.2, -0.15) is 0 Å². The SMILES string of the molecule is NCc1ccccc1-c1ccccc1C=CC(=O)O. The van der Waals surface area contributed by atoms with Gasteiger partial charge < -0.3 is 10.8 Å². The fourth-order valence-electron chi connectivity index (χ4n) is 2.01. The number of rotatable bonds is 4. The second-order valence-electron chi connectivity index (χ2n) is 4.12. The van der Waals surface area contributed by atoms with E-state index in [0.717, 1.165) is 28.3 Å². The Balaban J connectivity index is 2.53. The van der Waals surface area contributed by atoms with Gasteiger partial charge in [0.15, 0.2) is 0 Å². The molecule has 96 valence electrons. The van der Waals surface area contributed by atoms with Crippen LogP contribution in [0.5, 0.6) is 0 Å². The average molecular weight is 253 g/mol. The molecular formula is C16H15NO2. The van der Waals surface area contributed by atoms with Crippen LogP contribution in [0.25, 0.3) is 17.2 Å². The normalized spacial score (nSPS) is 10.8. The molecule has 3 heteroatoms. The largest absolute Gasteiger partial charge is 0.478 e. The van der Waals surface area contributed by atoms with Crippen molar-refractivity contribution in [1.82, 2.24) is 0 Å². The smallest absolute Gasteiger partial charge is 0.328 e. The maximum Gasteiger partial charge on any atom is 0.328 e. The van der Waals surface area contributed by atoms with Crippen LogP contribution in [0.15, 0.2) is 54.6 Å². The molecule has 0 heterocycles. The molecule has 0 aliphatic rings. The monoisotopic (exact) mass is 253 g/mol. The number of hydrogen-bond donors (Lipinski definition) is 2. The molecule has 0 aromatic heterocycles. The van der Waals surface area contributed by atoms with E-state index in [1.54, 1.807) is 6.08 Å². The molecule has 2 aromatic carbocycles. The Labute approximate surface area is 112 Å². The molecule has 19 heavy (non-hydrogen) atoms. The molecule has 0 bridgehead atoms. The minimum atomic E-state index is -0.957. The second kappa shape index (κ2) is 5.98. The summed E-state index contributed by atoms with van der Waals surface area (Å²) in [5.74, 6) is -0.957. The molecular weight excluding hydrogens is 238 g/mol. The summed E-state index contributed by atoms with van der Waals surface area (Å²) in [5, 5.41) is 8.73. The minimum absolute atomic E-state index is 0.452. The Bertz CT molecular complexity index is 618. The van der Waals surface area contributed by atoms with Gasteiger partial charge in [0.25, 0.3) is 0 Å². The lowest BCUT2D eigenvalue weighted by atomic mass is 9.95. The average Bonchev–Trinajstić information content (AvgIpc) is 2.45. The van der Waals surface area contributed by atoms with Crippen LogP contribution < -0.4 is 5.73 Å². The van der Waals surface area contributed by atoms with Crippen LogP contribution in [-0.2, 0) is 11.3 Å². The lowest BCUT2D eigenvalue weighted by Crippen LogP contribution is -1.99. The van der Waals surface area contributed by atoms with Gasteiger partial charge in [-0.15, -0.1) is 0 Å². The quantitative estimate of drug-likeness (QED) is 0.823. The van der Waals surface area contributed by atoms with Crippen molar-refractivity contribution >= 4 is 12.0 Å². The van der Waals surface area contributed by atoms with Crippen molar-refractivity contribution in [1.29, 1.82) is 0 Å². The lowest BCUT2D eigenvalue weighted by molar-refractivity contribution is -0.131. The zero-order chi connectivity index (χ0) is 13.7. The van der Waals surface area contributed by atoms with Gasteiger partial charge in [0, 0.05) is 12.6 Å². The van der Waals surface area contributed by atoms with E-state index in [0.29, 0.717) is 6.54 Å². The third-order valence-corrected chi connectivity index (χ3v) is 2.89. The molecule has 0 aliphatic heterocycles. The summed E-state index contributed by atoms with van der Waals surface area (Å²) in [5.41, 5.74) is 9.68. The fourth-order valence-corrected chi connectivity index (χ4v) is 2.01. The lowest BCUT2D eigenvalue weighted by Gasteiger charge is -2.10. The Kier molecular flexibility index (Phi) is 4.11. The van der Waals surface area contributed by atoms with Crippen molar-refractivity contribution in [3.05, 3.63) is 65.7 Å². The molecule has 0 saturated heterocycles. The predicted molar refractivity (Wildman–Crippen MR) is 76.4 cm³/mol. The van der Waals surface area contributed by atoms with E-state index in [9.17, 15) is 4.79 Å². The molecule has 2 aromatic rings. The van der Waals surface area contributed by atoms with E-state index in [2.05, 4.69) is 0 Å². The van der Waals surface area contributed by atoms with Gasteiger partial charge in [0.1, 0.15) is 0 Å². The Morgan fingerprint density at radius 2 is 1.68 bits per heavy atom. The van der Waals surface area contributed by atoms with Crippen molar-refractivity contribution in [2.45, 2.75) is 6.54 Å². The Morgan fingerprint density at radius 1 is 1.05 bits per heavy atom. The fraction of sp³-hybridized carbons (Fsp3) is 0.0625. The Hall–Kier alpha value is -2.39. The van der Waals surface area contributed by atoms with Crippen LogP contribution in [0, 0.1) is 0 Å². The first-order chi connectivity index (χ1) is 9.22. The standard InChI is InChI=1S/C16H15NO2/c17-11-13-6-2-4-8-15(13)14-7-3-1-5-12(14)9-10-16(18)19/h1-10H,11,17H2,(H,18,19). The van der Waals surface area contributed by atoms with Gasteiger partial charge >= 0.3 is 5.97 Å². The summed E-state index contributed by atoms with van der Waals surface area (Å²) >= 11 is 0. The molecule has 3 nitrogen and oxygen atoms in total. The highest BCUT2D eigenvalue weighted by Gasteiger charge is 2.06. The highest BCUT2D eigenvalue weighted by atomic mass is 16.4. The van der Waals surface area contributed by atoms with Crippen molar-refractivity contribution in [2.24, 2.45) is 5.73 Å². The molecule has 0 atom stereocenters. The number of carbonyl (C=O) groups is 1. The summed E-state index contributed by atoms with van der Waals surface area (Å²) in [6, 6.07) is 15.5. The van der Waals surface area contributed by atoms with E-state index < -0.39 is 5.97 Å². The zero-order valence-corrected chi connectivity index (χ0v) is 10.4. The molecule has 0 unspecified atom stereocenters. The summed E-state index contributed by atoms with van der Waals surface area (Å²) in [4.78, 5) is 10.6. The molecule has 3 N–H and O–H groups in total. The van der Waals surface area contributed by atoms with E-state index in [4.69, 9.17) is 10.8 Å². The van der Waals surface area contributed by atoms with Gasteiger partial charge in [-0.3, -0.25) is 0 Å². The molecule has 2 rings (SSSR count). The summed E-state index contributed by atoms with van der Waals surface area (Å²) in [7, 11) is 0. The van der Waals surface area contributed by atoms with Gasteiger partial charge in [0.05, 0.1) is 0 Å². The van der Waals surface area contributed by atoms with Crippen LogP contribution in [0.1, 0.15) is 11.1 Å². The maximum absolute atomic E-state index is 10.6. The highest BCUT2D eigenvalue weighted by Crippen LogP contribution is 2.27. The summed E-state index contributed by atoms with van der Waals surface area (Å²) < 4.78 is 0. The van der Waals surface area contributed by atoms with Crippen LogP contribution in [-0.4, -0.2) is 11.1 Å². The first-order valence-electron chi connectivity index (χ1n) is 6.00. The van der Waals surface area contributed by atoms with Crippen molar-refractivity contribution in [3.8, 4) is 11.1 Å². The number of carboxylic acids is 1. The van der Waals surface area contributed by atoms with Crippen LogP contribution >= 0.6 is 0 Å². The first kappa shape index (κ1) is 13.1. The van der Waals surface area contributed by atoms with Gasteiger partial charge in [0.2, 0.25) is 0 Å². The Morgan fingerprint density at radius 3 is 2.37 bits per heavy atom.